The van der Waals surface area contributed by atoms with Gasteiger partial charge >= 0.3 is 0 Å². The second kappa shape index (κ2) is 5.36. The van der Waals surface area contributed by atoms with Crippen LogP contribution in [0.4, 0.5) is 0 Å². The van der Waals surface area contributed by atoms with Crippen LogP contribution >= 0.6 is 0 Å². The third-order valence-corrected chi connectivity index (χ3v) is 4.20. The van der Waals surface area contributed by atoms with Gasteiger partial charge in [0.1, 0.15) is 5.60 Å². The van der Waals surface area contributed by atoms with Gasteiger partial charge < -0.3 is 15.0 Å². The molecule has 5 nitrogen and oxygen atoms in total. The lowest BCUT2D eigenvalue weighted by Crippen LogP contribution is -2.28. The Morgan fingerprint density at radius 1 is 1.39 bits per heavy atom. The summed E-state index contributed by atoms with van der Waals surface area (Å²) in [5, 5.41) is 4.12. The summed E-state index contributed by atoms with van der Waals surface area (Å²) in [6.45, 7) is 4.16. The van der Waals surface area contributed by atoms with E-state index in [9.17, 15) is 0 Å². The van der Waals surface area contributed by atoms with E-state index in [-0.39, 0.29) is 6.04 Å². The maximum Gasteiger partial charge on any atom is 0.229 e. The first-order valence-electron chi connectivity index (χ1n) is 6.80. The number of methoxy groups -OCH3 is 1. The van der Waals surface area contributed by atoms with Crippen molar-refractivity contribution in [3.8, 4) is 0 Å². The van der Waals surface area contributed by atoms with Crippen LogP contribution in [0.25, 0.3) is 0 Å². The van der Waals surface area contributed by atoms with Crippen molar-refractivity contribution in [2.45, 2.75) is 63.5 Å². The molecule has 0 aliphatic heterocycles. The van der Waals surface area contributed by atoms with Crippen molar-refractivity contribution >= 4 is 0 Å². The van der Waals surface area contributed by atoms with Gasteiger partial charge in [0.15, 0.2) is 0 Å². The first kappa shape index (κ1) is 13.5. The molecule has 5 heteroatoms. The van der Waals surface area contributed by atoms with Crippen molar-refractivity contribution < 1.29 is 9.26 Å². The van der Waals surface area contributed by atoms with E-state index in [0.29, 0.717) is 11.7 Å². The second-order valence-electron chi connectivity index (χ2n) is 5.13. The average molecular weight is 253 g/mol. The summed E-state index contributed by atoms with van der Waals surface area (Å²) in [6, 6.07) is 0.273. The fourth-order valence-corrected chi connectivity index (χ4v) is 2.77. The van der Waals surface area contributed by atoms with E-state index in [0.717, 1.165) is 38.0 Å². The molecule has 0 saturated heterocycles. The molecule has 1 aliphatic carbocycles. The topological polar surface area (TPSA) is 74.2 Å². The van der Waals surface area contributed by atoms with Crippen LogP contribution in [0.15, 0.2) is 4.52 Å². The molecule has 0 spiro atoms. The molecule has 102 valence electrons. The van der Waals surface area contributed by atoms with Crippen LogP contribution in [-0.4, -0.2) is 23.3 Å². The molecule has 1 saturated carbocycles. The fraction of sp³-hybridized carbons (Fsp3) is 0.846. The normalized spacial score (nSPS) is 24.7. The van der Waals surface area contributed by atoms with Crippen molar-refractivity contribution in [1.82, 2.24) is 10.1 Å². The van der Waals surface area contributed by atoms with Gasteiger partial charge in [-0.1, -0.05) is 19.0 Å². The zero-order valence-corrected chi connectivity index (χ0v) is 11.5. The van der Waals surface area contributed by atoms with Gasteiger partial charge in [-0.3, -0.25) is 0 Å². The molecular formula is C13H23N3O2. The first-order chi connectivity index (χ1) is 8.65. The molecule has 0 aromatic carbocycles. The Morgan fingerprint density at radius 2 is 2.11 bits per heavy atom. The molecule has 1 aliphatic rings. The molecule has 0 radical (unpaired) electrons. The third-order valence-electron chi connectivity index (χ3n) is 4.20. The molecule has 18 heavy (non-hydrogen) atoms. The lowest BCUT2D eigenvalue weighted by Gasteiger charge is -2.25. The molecular weight excluding hydrogens is 230 g/mol. The van der Waals surface area contributed by atoms with Crippen molar-refractivity contribution in [1.29, 1.82) is 0 Å². The van der Waals surface area contributed by atoms with Crippen molar-refractivity contribution in [3.63, 3.8) is 0 Å². The van der Waals surface area contributed by atoms with Crippen LogP contribution in [0.5, 0.6) is 0 Å². The number of nitrogens with two attached hydrogens (primary N) is 1. The minimum absolute atomic E-state index is 0.273. The zero-order valence-electron chi connectivity index (χ0n) is 11.5. The lowest BCUT2D eigenvalue weighted by molar-refractivity contribution is -0.0306. The van der Waals surface area contributed by atoms with Crippen LogP contribution in [-0.2, 0) is 10.3 Å². The molecule has 1 aromatic heterocycles. The van der Waals surface area contributed by atoms with Gasteiger partial charge in [0.25, 0.3) is 0 Å². The standard InChI is InChI=1S/C13H23N3O2/c1-4-13(5-2,17-3)12-15-11(18-16-12)9-6-7-10(14)8-9/h9-10H,4-8,14H2,1-3H3. The highest BCUT2D eigenvalue weighted by atomic mass is 16.5. The number of aromatic nitrogens is 2. The Kier molecular flexibility index (Phi) is 4.02. The molecule has 2 N–H and O–H groups in total. The molecule has 1 heterocycles. The van der Waals surface area contributed by atoms with Crippen molar-refractivity contribution in [3.05, 3.63) is 11.7 Å². The zero-order chi connectivity index (χ0) is 13.2. The summed E-state index contributed by atoms with van der Waals surface area (Å²) in [5.74, 6) is 1.72. The van der Waals surface area contributed by atoms with E-state index < -0.39 is 5.60 Å². The Balaban J connectivity index is 2.19. The van der Waals surface area contributed by atoms with E-state index in [1.54, 1.807) is 7.11 Å². The van der Waals surface area contributed by atoms with Crippen molar-refractivity contribution in [2.75, 3.05) is 7.11 Å². The van der Waals surface area contributed by atoms with Crippen LogP contribution in [0.1, 0.15) is 63.6 Å². The summed E-state index contributed by atoms with van der Waals surface area (Å²) in [6.07, 6.45) is 4.70. The molecule has 2 unspecified atom stereocenters. The summed E-state index contributed by atoms with van der Waals surface area (Å²) < 4.78 is 11.0. The Hall–Kier alpha value is -0.940. The monoisotopic (exact) mass is 253 g/mol. The van der Waals surface area contributed by atoms with E-state index in [4.69, 9.17) is 15.0 Å². The number of hydrogen-bond donors (Lipinski definition) is 1. The largest absolute Gasteiger partial charge is 0.370 e. The summed E-state index contributed by atoms with van der Waals surface area (Å²) in [5.41, 5.74) is 5.50. The van der Waals surface area contributed by atoms with Gasteiger partial charge in [0, 0.05) is 19.1 Å². The van der Waals surface area contributed by atoms with E-state index >= 15 is 0 Å². The Morgan fingerprint density at radius 3 is 2.61 bits per heavy atom. The minimum Gasteiger partial charge on any atom is -0.370 e. The van der Waals surface area contributed by atoms with Gasteiger partial charge in [-0.05, 0) is 32.1 Å². The lowest BCUT2D eigenvalue weighted by atomic mass is 9.96. The van der Waals surface area contributed by atoms with Crippen LogP contribution in [0.3, 0.4) is 0 Å². The number of hydrogen-bond acceptors (Lipinski definition) is 5. The molecule has 1 aromatic rings. The van der Waals surface area contributed by atoms with Crippen LogP contribution < -0.4 is 5.73 Å². The average Bonchev–Trinajstić information content (AvgIpc) is 3.01. The highest BCUT2D eigenvalue weighted by Crippen LogP contribution is 2.35. The summed E-state index contributed by atoms with van der Waals surface area (Å²) in [4.78, 5) is 4.55. The Bertz CT molecular complexity index is 379. The van der Waals surface area contributed by atoms with Crippen molar-refractivity contribution in [2.24, 2.45) is 5.73 Å². The van der Waals surface area contributed by atoms with Gasteiger partial charge in [0.2, 0.25) is 11.7 Å². The number of rotatable bonds is 5. The summed E-state index contributed by atoms with van der Waals surface area (Å²) in [7, 11) is 1.70. The SMILES string of the molecule is CCC(CC)(OC)c1noc(C2CCC(N)C2)n1. The first-order valence-corrected chi connectivity index (χ1v) is 6.80. The highest BCUT2D eigenvalue weighted by molar-refractivity contribution is 5.05. The van der Waals surface area contributed by atoms with Gasteiger partial charge in [0.05, 0.1) is 0 Å². The van der Waals surface area contributed by atoms with E-state index in [1.165, 1.54) is 0 Å². The smallest absolute Gasteiger partial charge is 0.229 e. The van der Waals surface area contributed by atoms with Gasteiger partial charge in [-0.25, -0.2) is 0 Å². The molecule has 0 bridgehead atoms. The predicted octanol–water partition coefficient (Wildman–Crippen LogP) is 2.33. The van der Waals surface area contributed by atoms with Crippen LogP contribution in [0, 0.1) is 0 Å². The molecule has 2 rings (SSSR count). The maximum absolute atomic E-state index is 5.92. The Labute approximate surface area is 108 Å². The quantitative estimate of drug-likeness (QED) is 0.871. The fourth-order valence-electron chi connectivity index (χ4n) is 2.77. The minimum atomic E-state index is -0.414. The number of ether oxygens (including phenoxy) is 1. The summed E-state index contributed by atoms with van der Waals surface area (Å²) >= 11 is 0. The maximum atomic E-state index is 5.92. The molecule has 2 atom stereocenters. The predicted molar refractivity (Wildman–Crippen MR) is 68.1 cm³/mol. The molecule has 1 fully saturated rings. The van der Waals surface area contributed by atoms with Gasteiger partial charge in [-0.15, -0.1) is 0 Å². The highest BCUT2D eigenvalue weighted by Gasteiger charge is 2.35. The van der Waals surface area contributed by atoms with Gasteiger partial charge in [-0.2, -0.15) is 4.98 Å². The second-order valence-corrected chi connectivity index (χ2v) is 5.13. The number of nitrogens with zero attached hydrogens (tertiary/aromatic N) is 2. The molecule has 0 amide bonds. The van der Waals surface area contributed by atoms with E-state index in [2.05, 4.69) is 24.0 Å². The van der Waals surface area contributed by atoms with E-state index in [1.807, 2.05) is 0 Å². The third kappa shape index (κ3) is 2.29. The van der Waals surface area contributed by atoms with Crippen LogP contribution in [0.2, 0.25) is 0 Å².